The normalized spacial score (nSPS) is 13.0. The third-order valence-electron chi connectivity index (χ3n) is 3.16. The fourth-order valence-corrected chi connectivity index (χ4v) is 2.49. The van der Waals surface area contributed by atoms with Crippen molar-refractivity contribution in [2.24, 2.45) is 0 Å². The Bertz CT molecular complexity index is 1020. The van der Waals surface area contributed by atoms with Crippen molar-refractivity contribution < 1.29 is 13.6 Å². The second-order valence-electron chi connectivity index (χ2n) is 4.54. The lowest BCUT2D eigenvalue weighted by molar-refractivity contribution is 0.0963. The van der Waals surface area contributed by atoms with Gasteiger partial charge in [0.2, 0.25) is 0 Å². The molecule has 0 aliphatic rings. The number of rotatable bonds is 4. The summed E-state index contributed by atoms with van der Waals surface area (Å²) in [4.78, 5) is 20.3. The Labute approximate surface area is 151 Å². The van der Waals surface area contributed by atoms with Gasteiger partial charge in [-0.3, -0.25) is 4.79 Å². The molecule has 0 spiro atoms. The van der Waals surface area contributed by atoms with Gasteiger partial charge in [-0.05, 0) is 6.07 Å². The molecule has 3 rings (SSSR count). The van der Waals surface area contributed by atoms with Gasteiger partial charge in [-0.1, -0.05) is 23.2 Å². The molecule has 0 saturated heterocycles. The standard InChI is InChI=1S/C14H12Cl2N6O2/c1-17-14(23)7-4-18-10(16)3-9(7)21-13-12(24-2)11-8(15)5-20-22(11)6-19-13/h3-6H,1-2H3,(H,17,23)(H,18,21)/i1D3. The first-order chi connectivity index (χ1) is 12.7. The molecule has 2 N–H and O–H groups in total. The first-order valence-electron chi connectivity index (χ1n) is 8.00. The van der Waals surface area contributed by atoms with Gasteiger partial charge in [-0.15, -0.1) is 0 Å². The zero-order valence-corrected chi connectivity index (χ0v) is 13.7. The molecule has 1 amide bonds. The van der Waals surface area contributed by atoms with Crippen molar-refractivity contribution in [3.05, 3.63) is 40.5 Å². The molecule has 3 aromatic rings. The van der Waals surface area contributed by atoms with Crippen molar-refractivity contribution in [3.63, 3.8) is 0 Å². The van der Waals surface area contributed by atoms with Crippen molar-refractivity contribution in [2.75, 3.05) is 19.4 Å². The highest BCUT2D eigenvalue weighted by Crippen LogP contribution is 2.34. The Morgan fingerprint density at radius 3 is 2.96 bits per heavy atom. The molecule has 0 aromatic carbocycles. The molecule has 0 radical (unpaired) electrons. The van der Waals surface area contributed by atoms with E-state index in [9.17, 15) is 4.79 Å². The molecule has 0 aliphatic heterocycles. The quantitative estimate of drug-likeness (QED) is 0.686. The molecule has 0 bridgehead atoms. The molecule has 0 atom stereocenters. The molecule has 24 heavy (non-hydrogen) atoms. The lowest BCUT2D eigenvalue weighted by Gasteiger charge is -2.14. The highest BCUT2D eigenvalue weighted by molar-refractivity contribution is 6.34. The number of halogens is 2. The number of aromatic nitrogens is 4. The predicted octanol–water partition coefficient (Wildman–Crippen LogP) is 2.54. The predicted molar refractivity (Wildman–Crippen MR) is 90.5 cm³/mol. The van der Waals surface area contributed by atoms with Crippen LogP contribution < -0.4 is 15.4 Å². The van der Waals surface area contributed by atoms with Crippen LogP contribution >= 0.6 is 23.2 Å². The van der Waals surface area contributed by atoms with Crippen LogP contribution in [-0.4, -0.2) is 39.6 Å². The number of fused-ring (bicyclic) bond motifs is 1. The number of ether oxygens (including phenoxy) is 1. The van der Waals surface area contributed by atoms with E-state index in [1.165, 1.54) is 30.2 Å². The van der Waals surface area contributed by atoms with Gasteiger partial charge < -0.3 is 15.4 Å². The molecule has 0 aliphatic carbocycles. The molecule has 8 nitrogen and oxygen atoms in total. The summed E-state index contributed by atoms with van der Waals surface area (Å²) in [6, 6.07) is 1.36. The fraction of sp³-hybridized carbons (Fsp3) is 0.143. The largest absolute Gasteiger partial charge is 0.491 e. The molecule has 3 aromatic heterocycles. The number of hydrogen-bond donors (Lipinski definition) is 2. The summed E-state index contributed by atoms with van der Waals surface area (Å²) < 4.78 is 28.3. The molecular weight excluding hydrogens is 355 g/mol. The van der Waals surface area contributed by atoms with Gasteiger partial charge in [0.25, 0.3) is 5.91 Å². The average Bonchev–Trinajstić information content (AvgIpc) is 2.95. The minimum absolute atomic E-state index is 0.0427. The van der Waals surface area contributed by atoms with E-state index in [0.717, 1.165) is 6.20 Å². The zero-order chi connectivity index (χ0) is 19.8. The third-order valence-corrected chi connectivity index (χ3v) is 3.65. The van der Waals surface area contributed by atoms with Crippen molar-refractivity contribution in [1.82, 2.24) is 24.9 Å². The number of pyridine rings is 1. The number of carbonyl (C=O) groups is 1. The summed E-state index contributed by atoms with van der Waals surface area (Å²) in [5.74, 6) is -0.364. The third kappa shape index (κ3) is 2.81. The number of methoxy groups -OCH3 is 1. The van der Waals surface area contributed by atoms with E-state index in [2.05, 4.69) is 20.4 Å². The highest BCUT2D eigenvalue weighted by atomic mass is 35.5. The average molecular weight is 370 g/mol. The van der Waals surface area contributed by atoms with Gasteiger partial charge >= 0.3 is 0 Å². The SMILES string of the molecule is [2H]C([2H])([2H])NC(=O)c1cnc(Cl)cc1Nc1ncn2ncc(Cl)c2c1OC. The minimum Gasteiger partial charge on any atom is -0.491 e. The maximum atomic E-state index is 12.3. The number of anilines is 2. The minimum atomic E-state index is -2.66. The topological polar surface area (TPSA) is 93.4 Å². The summed E-state index contributed by atoms with van der Waals surface area (Å²) >= 11 is 12.1. The van der Waals surface area contributed by atoms with E-state index in [1.807, 2.05) is 5.32 Å². The second-order valence-corrected chi connectivity index (χ2v) is 5.34. The van der Waals surface area contributed by atoms with Crippen LogP contribution in [0, 0.1) is 0 Å². The van der Waals surface area contributed by atoms with Crippen molar-refractivity contribution in [3.8, 4) is 5.75 Å². The van der Waals surface area contributed by atoms with Crippen LogP contribution in [0.15, 0.2) is 24.8 Å². The summed E-state index contributed by atoms with van der Waals surface area (Å²) in [6.45, 7) is -2.66. The maximum Gasteiger partial charge on any atom is 0.254 e. The molecular formula is C14H12Cl2N6O2. The Balaban J connectivity index is 2.05. The van der Waals surface area contributed by atoms with E-state index in [-0.39, 0.29) is 28.0 Å². The van der Waals surface area contributed by atoms with Crippen LogP contribution in [0.2, 0.25) is 10.2 Å². The van der Waals surface area contributed by atoms with E-state index >= 15 is 0 Å². The molecule has 0 saturated carbocycles. The Morgan fingerprint density at radius 1 is 1.38 bits per heavy atom. The summed E-state index contributed by atoms with van der Waals surface area (Å²) in [5.41, 5.74) is 0.603. The van der Waals surface area contributed by atoms with Crippen LogP contribution in [0.1, 0.15) is 14.5 Å². The van der Waals surface area contributed by atoms with Crippen molar-refractivity contribution in [1.29, 1.82) is 0 Å². The van der Waals surface area contributed by atoms with E-state index in [4.69, 9.17) is 32.1 Å². The number of nitrogens with one attached hydrogen (secondary N) is 2. The molecule has 10 heteroatoms. The summed E-state index contributed by atoms with van der Waals surface area (Å²) in [6.07, 6.45) is 3.99. The smallest absolute Gasteiger partial charge is 0.254 e. The van der Waals surface area contributed by atoms with E-state index in [1.54, 1.807) is 0 Å². The number of nitrogens with zero attached hydrogens (tertiary/aromatic N) is 4. The maximum absolute atomic E-state index is 12.3. The second kappa shape index (κ2) is 6.50. The lowest BCUT2D eigenvalue weighted by atomic mass is 10.2. The molecule has 0 fully saturated rings. The Hall–Kier alpha value is -2.58. The number of carbonyl (C=O) groups excluding carboxylic acids is 1. The van der Waals surface area contributed by atoms with Gasteiger partial charge in [-0.25, -0.2) is 14.5 Å². The first kappa shape index (κ1) is 12.8. The molecule has 3 heterocycles. The van der Waals surface area contributed by atoms with Crippen LogP contribution in [-0.2, 0) is 0 Å². The Morgan fingerprint density at radius 2 is 2.21 bits per heavy atom. The first-order valence-corrected chi connectivity index (χ1v) is 7.26. The van der Waals surface area contributed by atoms with E-state index < -0.39 is 12.9 Å². The van der Waals surface area contributed by atoms with Gasteiger partial charge in [0.05, 0.1) is 29.6 Å². The Kier molecular flexibility index (Phi) is 3.47. The van der Waals surface area contributed by atoms with Crippen molar-refractivity contribution in [2.45, 2.75) is 0 Å². The highest BCUT2D eigenvalue weighted by Gasteiger charge is 2.18. The monoisotopic (exact) mass is 369 g/mol. The van der Waals surface area contributed by atoms with Crippen LogP contribution in [0.5, 0.6) is 5.75 Å². The van der Waals surface area contributed by atoms with Crippen LogP contribution in [0.4, 0.5) is 11.5 Å². The van der Waals surface area contributed by atoms with Crippen LogP contribution in [0.25, 0.3) is 5.52 Å². The number of hydrogen-bond acceptors (Lipinski definition) is 6. The summed E-state index contributed by atoms with van der Waals surface area (Å²) in [7, 11) is 1.42. The van der Waals surface area contributed by atoms with Gasteiger partial charge in [0.1, 0.15) is 17.0 Å². The fourth-order valence-electron chi connectivity index (χ4n) is 2.12. The van der Waals surface area contributed by atoms with Gasteiger partial charge in [0.15, 0.2) is 11.6 Å². The summed E-state index contributed by atoms with van der Waals surface area (Å²) in [5, 5.41) is 9.26. The molecule has 0 unspecified atom stereocenters. The zero-order valence-electron chi connectivity index (χ0n) is 15.2. The van der Waals surface area contributed by atoms with E-state index in [0.29, 0.717) is 10.5 Å². The van der Waals surface area contributed by atoms with Gasteiger partial charge in [-0.2, -0.15) is 5.10 Å². The lowest BCUT2D eigenvalue weighted by Crippen LogP contribution is -2.19. The number of amides is 1. The van der Waals surface area contributed by atoms with Gasteiger partial charge in [0, 0.05) is 17.3 Å². The van der Waals surface area contributed by atoms with Crippen molar-refractivity contribution >= 4 is 46.1 Å². The van der Waals surface area contributed by atoms with Crippen LogP contribution in [0.3, 0.4) is 0 Å². The molecule has 124 valence electrons.